The van der Waals surface area contributed by atoms with Crippen molar-refractivity contribution < 1.29 is 15.0 Å². The smallest absolute Gasteiger partial charge is 0.294 e. The van der Waals surface area contributed by atoms with Gasteiger partial charge in [-0.1, -0.05) is 0 Å². The lowest BCUT2D eigenvalue weighted by atomic mass is 10.8. The summed E-state index contributed by atoms with van der Waals surface area (Å²) in [4.78, 5) is 12.9. The van der Waals surface area contributed by atoms with Crippen molar-refractivity contribution in [2.45, 2.75) is 0 Å². The van der Waals surface area contributed by atoms with Crippen molar-refractivity contribution in [2.75, 3.05) is 13.2 Å². The molecule has 0 spiro atoms. The summed E-state index contributed by atoms with van der Waals surface area (Å²) in [7, 11) is 0. The van der Waals surface area contributed by atoms with Gasteiger partial charge < -0.3 is 9.94 Å². The number of hydrazine groups is 1. The second-order valence-electron chi connectivity index (χ2n) is 0.780. The van der Waals surface area contributed by atoms with Gasteiger partial charge in [0.1, 0.15) is 6.61 Å². The highest BCUT2D eigenvalue weighted by molar-refractivity contribution is 4.11. The van der Waals surface area contributed by atoms with Crippen molar-refractivity contribution in [3.8, 4) is 0 Å². The lowest BCUT2D eigenvalue weighted by molar-refractivity contribution is -0.758. The lowest BCUT2D eigenvalue weighted by Gasteiger charge is -1.88. The second kappa shape index (κ2) is 10.1. The molecule has 0 atom stereocenters. The molecule has 5 N–H and O–H groups in total. The van der Waals surface area contributed by atoms with E-state index >= 15 is 0 Å². The van der Waals surface area contributed by atoms with Crippen LogP contribution in [0.3, 0.4) is 0 Å². The van der Waals surface area contributed by atoms with Crippen LogP contribution in [0.1, 0.15) is 0 Å². The summed E-state index contributed by atoms with van der Waals surface area (Å²) in [5.41, 5.74) is 0. The maximum Gasteiger partial charge on any atom is 0.294 e. The van der Waals surface area contributed by atoms with E-state index in [1.54, 1.807) is 0 Å². The van der Waals surface area contributed by atoms with Gasteiger partial charge in [-0.25, -0.2) is 0 Å². The van der Waals surface area contributed by atoms with Gasteiger partial charge in [0, 0.05) is 0 Å². The molecule has 0 aromatic heterocycles. The van der Waals surface area contributed by atoms with E-state index in [-0.39, 0.29) is 13.2 Å². The second-order valence-corrected chi connectivity index (χ2v) is 0.780. The molecule has 0 aliphatic heterocycles. The molecule has 56 valence electrons. The summed E-state index contributed by atoms with van der Waals surface area (Å²) in [6, 6.07) is 0. The highest BCUT2D eigenvalue weighted by Crippen LogP contribution is 1.69. The summed E-state index contributed by atoms with van der Waals surface area (Å²) < 4.78 is 0. The van der Waals surface area contributed by atoms with Gasteiger partial charge in [-0.05, 0) is 0 Å². The van der Waals surface area contributed by atoms with Crippen molar-refractivity contribution >= 4 is 0 Å². The maximum atomic E-state index is 9.23. The van der Waals surface area contributed by atoms with Crippen LogP contribution in [0.5, 0.6) is 0 Å². The normalized spacial score (nSPS) is 7.00. The molecule has 0 unspecified atom stereocenters. The number of nitrogens with two attached hydrogens (primary N) is 2. The molecule has 0 rings (SSSR count). The van der Waals surface area contributed by atoms with Gasteiger partial charge in [-0.15, -0.1) is 10.1 Å². The van der Waals surface area contributed by atoms with E-state index in [0.717, 1.165) is 0 Å². The van der Waals surface area contributed by atoms with Gasteiger partial charge >= 0.3 is 0 Å². The third-order valence-electron chi connectivity index (χ3n) is 0.288. The van der Waals surface area contributed by atoms with Crippen LogP contribution < -0.4 is 11.7 Å². The van der Waals surface area contributed by atoms with Crippen LogP contribution in [0.25, 0.3) is 0 Å². The van der Waals surface area contributed by atoms with Crippen molar-refractivity contribution in [3.63, 3.8) is 0 Å². The standard InChI is InChI=1S/C2H5NO4.H4N2/c4-1-2-7-3(5)6;1-2/h4H,1-2H2;1-2H2. The summed E-state index contributed by atoms with van der Waals surface area (Å²) in [6.07, 6.45) is 0. The minimum Gasteiger partial charge on any atom is -0.394 e. The van der Waals surface area contributed by atoms with Crippen LogP contribution in [0, 0.1) is 10.1 Å². The Morgan fingerprint density at radius 3 is 2.22 bits per heavy atom. The van der Waals surface area contributed by atoms with E-state index in [2.05, 4.69) is 16.5 Å². The molecule has 0 aromatic rings. The molecule has 7 heteroatoms. The highest BCUT2D eigenvalue weighted by atomic mass is 16.9. The number of aliphatic hydroxyl groups is 1. The van der Waals surface area contributed by atoms with Crippen molar-refractivity contribution in [1.29, 1.82) is 0 Å². The fraction of sp³-hybridized carbons (Fsp3) is 1.00. The SMILES string of the molecule is NN.O=[N+]([O-])OCCO. The zero-order valence-corrected chi connectivity index (χ0v) is 4.69. The minimum atomic E-state index is -0.948. The van der Waals surface area contributed by atoms with Crippen molar-refractivity contribution in [2.24, 2.45) is 11.7 Å². The first kappa shape index (κ1) is 11.0. The van der Waals surface area contributed by atoms with Gasteiger partial charge in [-0.3, -0.25) is 11.7 Å². The quantitative estimate of drug-likeness (QED) is 0.236. The van der Waals surface area contributed by atoms with E-state index in [4.69, 9.17) is 5.11 Å². The predicted octanol–water partition coefficient (Wildman–Crippen LogP) is -1.99. The molecular weight excluding hydrogens is 130 g/mol. The summed E-state index contributed by atoms with van der Waals surface area (Å²) in [6.45, 7) is -0.562. The Morgan fingerprint density at radius 1 is 1.67 bits per heavy atom. The molecule has 0 heterocycles. The molecule has 0 bridgehead atoms. The zero-order chi connectivity index (χ0) is 7.70. The van der Waals surface area contributed by atoms with Gasteiger partial charge in [0.05, 0.1) is 6.61 Å². The predicted molar refractivity (Wildman–Crippen MR) is 28.4 cm³/mol. The van der Waals surface area contributed by atoms with Crippen LogP contribution >= 0.6 is 0 Å². The third-order valence-corrected chi connectivity index (χ3v) is 0.288. The molecule has 7 nitrogen and oxygen atoms in total. The Balaban J connectivity index is 0. The molecule has 0 radical (unpaired) electrons. The van der Waals surface area contributed by atoms with Crippen LogP contribution in [-0.2, 0) is 4.84 Å². The topological polar surface area (TPSA) is 125 Å². The molecule has 0 saturated carbocycles. The molecule has 0 amide bonds. The van der Waals surface area contributed by atoms with E-state index in [1.165, 1.54) is 0 Å². The Labute approximate surface area is 51.3 Å². The molecule has 0 saturated heterocycles. The van der Waals surface area contributed by atoms with Crippen LogP contribution in [0.2, 0.25) is 0 Å². The monoisotopic (exact) mass is 139 g/mol. The van der Waals surface area contributed by atoms with Gasteiger partial charge in [0.25, 0.3) is 5.09 Å². The van der Waals surface area contributed by atoms with Crippen LogP contribution in [0.15, 0.2) is 0 Å². The Morgan fingerprint density at radius 2 is 2.11 bits per heavy atom. The average molecular weight is 139 g/mol. The molecule has 0 aromatic carbocycles. The maximum absolute atomic E-state index is 9.23. The molecule has 0 aliphatic carbocycles. The largest absolute Gasteiger partial charge is 0.394 e. The van der Waals surface area contributed by atoms with E-state index < -0.39 is 5.09 Å². The Hall–Kier alpha value is -0.920. The van der Waals surface area contributed by atoms with Crippen molar-refractivity contribution in [1.82, 2.24) is 0 Å². The first-order valence-electron chi connectivity index (χ1n) is 1.99. The molecule has 9 heavy (non-hydrogen) atoms. The van der Waals surface area contributed by atoms with E-state index in [0.29, 0.717) is 0 Å². The van der Waals surface area contributed by atoms with Crippen LogP contribution in [-0.4, -0.2) is 23.4 Å². The van der Waals surface area contributed by atoms with Crippen LogP contribution in [0.4, 0.5) is 0 Å². The number of nitrogens with zero attached hydrogens (tertiary/aromatic N) is 1. The number of hydrogen-bond donors (Lipinski definition) is 3. The van der Waals surface area contributed by atoms with Crippen molar-refractivity contribution in [3.05, 3.63) is 10.1 Å². The molecular formula is C2H9N3O4. The summed E-state index contributed by atoms with van der Waals surface area (Å²) >= 11 is 0. The highest BCUT2D eigenvalue weighted by Gasteiger charge is 1.88. The average Bonchev–Trinajstić information content (AvgIpc) is 1.88. The van der Waals surface area contributed by atoms with E-state index in [9.17, 15) is 10.1 Å². The number of hydrogen-bond acceptors (Lipinski definition) is 6. The molecule has 0 fully saturated rings. The van der Waals surface area contributed by atoms with Gasteiger partial charge in [0.2, 0.25) is 0 Å². The fourth-order valence-corrected chi connectivity index (χ4v) is 0.115. The summed E-state index contributed by atoms with van der Waals surface area (Å²) in [5.74, 6) is 8.00. The minimum absolute atomic E-state index is 0.243. The zero-order valence-electron chi connectivity index (χ0n) is 4.69. The number of rotatable bonds is 3. The van der Waals surface area contributed by atoms with Gasteiger partial charge in [-0.2, -0.15) is 0 Å². The number of aliphatic hydroxyl groups excluding tert-OH is 1. The first-order valence-corrected chi connectivity index (χ1v) is 1.99. The third kappa shape index (κ3) is 19.3. The Kier molecular flexibility index (Phi) is 12.3. The van der Waals surface area contributed by atoms with Gasteiger partial charge in [0.15, 0.2) is 0 Å². The fourth-order valence-electron chi connectivity index (χ4n) is 0.115. The Bertz CT molecular complexity index is 66.8. The van der Waals surface area contributed by atoms with E-state index in [1.807, 2.05) is 0 Å². The molecule has 0 aliphatic rings. The first-order chi connectivity index (χ1) is 4.27. The lowest BCUT2D eigenvalue weighted by Crippen LogP contribution is -2.04. The summed E-state index contributed by atoms with van der Waals surface area (Å²) in [5, 5.41) is 16.2.